The largest absolute Gasteiger partial charge is 0.395 e. The number of β-amino-alcohol motifs (C(OH)–C–C–N with tert-alkyl or cyclic N) is 1. The minimum Gasteiger partial charge on any atom is -0.395 e. The van der Waals surface area contributed by atoms with E-state index >= 15 is 0 Å². The maximum Gasteiger partial charge on any atom is 0.228 e. The number of nitrogens with zero attached hydrogens (tertiary/aromatic N) is 2. The number of ether oxygens (including phenoxy) is 1. The van der Waals surface area contributed by atoms with Crippen LogP contribution in [-0.2, 0) is 9.53 Å². The first-order valence-electron chi connectivity index (χ1n) is 7.36. The third kappa shape index (κ3) is 3.46. The average Bonchev–Trinajstić information content (AvgIpc) is 2.43. The van der Waals surface area contributed by atoms with Gasteiger partial charge in [-0.2, -0.15) is 0 Å². The second-order valence-electron chi connectivity index (χ2n) is 5.82. The monoisotopic (exact) mass is 270 g/mol. The van der Waals surface area contributed by atoms with Crippen LogP contribution in [0.2, 0.25) is 0 Å². The Hall–Kier alpha value is -0.650. The zero-order chi connectivity index (χ0) is 13.8. The van der Waals surface area contributed by atoms with Crippen molar-refractivity contribution in [2.24, 2.45) is 5.92 Å². The van der Waals surface area contributed by atoms with Crippen molar-refractivity contribution >= 4 is 5.91 Å². The van der Waals surface area contributed by atoms with Gasteiger partial charge in [0.1, 0.15) is 0 Å². The van der Waals surface area contributed by atoms with Gasteiger partial charge in [-0.05, 0) is 26.7 Å². The first kappa shape index (κ1) is 14.8. The molecule has 2 heterocycles. The van der Waals surface area contributed by atoms with E-state index in [1.54, 1.807) is 0 Å². The Labute approximate surface area is 115 Å². The Balaban J connectivity index is 1.93. The molecule has 0 aliphatic carbocycles. The van der Waals surface area contributed by atoms with Crippen LogP contribution >= 0.6 is 0 Å². The second kappa shape index (κ2) is 6.68. The molecule has 0 aromatic heterocycles. The van der Waals surface area contributed by atoms with Gasteiger partial charge < -0.3 is 14.7 Å². The summed E-state index contributed by atoms with van der Waals surface area (Å²) >= 11 is 0. The molecule has 110 valence electrons. The number of rotatable bonds is 3. The number of hydrogen-bond acceptors (Lipinski definition) is 4. The summed E-state index contributed by atoms with van der Waals surface area (Å²) in [7, 11) is 0. The predicted molar refractivity (Wildman–Crippen MR) is 72.8 cm³/mol. The lowest BCUT2D eigenvalue weighted by Gasteiger charge is -2.45. The van der Waals surface area contributed by atoms with E-state index in [-0.39, 0.29) is 18.4 Å². The molecule has 1 unspecified atom stereocenters. The molecule has 1 amide bonds. The maximum absolute atomic E-state index is 12.5. The Morgan fingerprint density at radius 3 is 2.53 bits per heavy atom. The molecule has 5 heteroatoms. The van der Waals surface area contributed by atoms with Gasteiger partial charge in [-0.25, -0.2) is 0 Å². The zero-order valence-corrected chi connectivity index (χ0v) is 12.0. The smallest absolute Gasteiger partial charge is 0.228 e. The zero-order valence-electron chi connectivity index (χ0n) is 12.0. The Morgan fingerprint density at radius 1 is 1.32 bits per heavy atom. The van der Waals surface area contributed by atoms with Gasteiger partial charge in [-0.15, -0.1) is 0 Å². The van der Waals surface area contributed by atoms with E-state index in [0.717, 1.165) is 32.5 Å². The third-order valence-electron chi connectivity index (χ3n) is 4.28. The van der Waals surface area contributed by atoms with Crippen molar-refractivity contribution in [3.05, 3.63) is 0 Å². The molecule has 1 N–H and O–H groups in total. The molecule has 2 aliphatic heterocycles. The lowest BCUT2D eigenvalue weighted by atomic mass is 9.98. The highest BCUT2D eigenvalue weighted by Crippen LogP contribution is 2.21. The van der Waals surface area contributed by atoms with Gasteiger partial charge in [0.15, 0.2) is 0 Å². The minimum atomic E-state index is 0.0533. The number of aliphatic hydroxyl groups is 1. The SMILES string of the molecule is C[C@@H]1CN(C(=O)C2CCCOC2)C[C@H](C)N1CCO. The van der Waals surface area contributed by atoms with Crippen LogP contribution in [0.4, 0.5) is 0 Å². The Kier molecular flexibility index (Phi) is 5.19. The van der Waals surface area contributed by atoms with Crippen molar-refractivity contribution < 1.29 is 14.6 Å². The lowest BCUT2D eigenvalue weighted by molar-refractivity contribution is -0.144. The molecule has 3 atom stereocenters. The van der Waals surface area contributed by atoms with Gasteiger partial charge >= 0.3 is 0 Å². The lowest BCUT2D eigenvalue weighted by Crippen LogP contribution is -2.59. The van der Waals surface area contributed by atoms with Crippen LogP contribution in [0.15, 0.2) is 0 Å². The summed E-state index contributed by atoms with van der Waals surface area (Å²) < 4.78 is 5.42. The quantitative estimate of drug-likeness (QED) is 0.803. The van der Waals surface area contributed by atoms with E-state index in [9.17, 15) is 4.79 Å². The molecule has 0 radical (unpaired) electrons. The van der Waals surface area contributed by atoms with E-state index in [2.05, 4.69) is 18.7 Å². The van der Waals surface area contributed by atoms with Gasteiger partial charge in [0.05, 0.1) is 19.1 Å². The number of hydrogen-bond donors (Lipinski definition) is 1. The van der Waals surface area contributed by atoms with Gasteiger partial charge in [-0.1, -0.05) is 0 Å². The van der Waals surface area contributed by atoms with Gasteiger partial charge in [0, 0.05) is 38.3 Å². The van der Waals surface area contributed by atoms with Crippen molar-refractivity contribution in [3.8, 4) is 0 Å². The number of carbonyl (C=O) groups excluding carboxylic acids is 1. The molecule has 5 nitrogen and oxygen atoms in total. The number of amides is 1. The molecular weight excluding hydrogens is 244 g/mol. The topological polar surface area (TPSA) is 53.0 Å². The molecule has 19 heavy (non-hydrogen) atoms. The molecule has 0 saturated carbocycles. The van der Waals surface area contributed by atoms with Crippen molar-refractivity contribution in [1.82, 2.24) is 9.80 Å². The van der Waals surface area contributed by atoms with E-state index in [1.807, 2.05) is 4.90 Å². The van der Waals surface area contributed by atoms with Crippen molar-refractivity contribution in [2.45, 2.75) is 38.8 Å². The van der Waals surface area contributed by atoms with Crippen molar-refractivity contribution in [1.29, 1.82) is 0 Å². The van der Waals surface area contributed by atoms with Crippen molar-refractivity contribution in [3.63, 3.8) is 0 Å². The van der Waals surface area contributed by atoms with Gasteiger partial charge in [0.25, 0.3) is 0 Å². The summed E-state index contributed by atoms with van der Waals surface area (Å²) in [6.45, 7) is 8.03. The van der Waals surface area contributed by atoms with E-state index in [0.29, 0.717) is 25.2 Å². The fourth-order valence-corrected chi connectivity index (χ4v) is 3.29. The predicted octanol–water partition coefficient (Wildman–Crippen LogP) is 0.327. The van der Waals surface area contributed by atoms with Crippen LogP contribution in [0.1, 0.15) is 26.7 Å². The highest BCUT2D eigenvalue weighted by Gasteiger charge is 2.34. The molecule has 2 fully saturated rings. The van der Waals surface area contributed by atoms with Crippen molar-refractivity contribution in [2.75, 3.05) is 39.5 Å². The summed E-state index contributed by atoms with van der Waals surface area (Å²) in [5, 5.41) is 9.09. The summed E-state index contributed by atoms with van der Waals surface area (Å²) in [5.74, 6) is 0.305. The fraction of sp³-hybridized carbons (Fsp3) is 0.929. The van der Waals surface area contributed by atoms with Crippen LogP contribution in [-0.4, -0.2) is 72.4 Å². The number of carbonyl (C=O) groups is 1. The highest BCUT2D eigenvalue weighted by atomic mass is 16.5. The molecular formula is C14H26N2O3. The molecule has 0 bridgehead atoms. The van der Waals surface area contributed by atoms with Crippen LogP contribution in [0, 0.1) is 5.92 Å². The first-order chi connectivity index (χ1) is 9.13. The summed E-state index contributed by atoms with van der Waals surface area (Å²) in [4.78, 5) is 16.8. The minimum absolute atomic E-state index is 0.0533. The van der Waals surface area contributed by atoms with Gasteiger partial charge in [-0.3, -0.25) is 9.69 Å². The van der Waals surface area contributed by atoms with Gasteiger partial charge in [0.2, 0.25) is 5.91 Å². The molecule has 2 rings (SSSR count). The van der Waals surface area contributed by atoms with Crippen LogP contribution in [0.5, 0.6) is 0 Å². The number of aliphatic hydroxyl groups excluding tert-OH is 1. The second-order valence-corrected chi connectivity index (χ2v) is 5.82. The molecule has 0 aromatic carbocycles. The summed E-state index contributed by atoms with van der Waals surface area (Å²) in [6.07, 6.45) is 1.95. The van der Waals surface area contributed by atoms with Crippen LogP contribution in [0.3, 0.4) is 0 Å². The highest BCUT2D eigenvalue weighted by molar-refractivity contribution is 5.79. The maximum atomic E-state index is 12.5. The van der Waals surface area contributed by atoms with E-state index in [4.69, 9.17) is 9.84 Å². The Bertz CT molecular complexity index is 293. The molecule has 2 aliphatic rings. The van der Waals surface area contributed by atoms with Crippen LogP contribution in [0.25, 0.3) is 0 Å². The standard InChI is InChI=1S/C14H26N2O3/c1-11-8-15(9-12(2)16(11)5-6-17)14(18)13-4-3-7-19-10-13/h11-13,17H,3-10H2,1-2H3/t11-,12+,13?. The Morgan fingerprint density at radius 2 is 2.00 bits per heavy atom. The fourth-order valence-electron chi connectivity index (χ4n) is 3.29. The van der Waals surface area contributed by atoms with E-state index < -0.39 is 0 Å². The average molecular weight is 270 g/mol. The molecule has 2 saturated heterocycles. The summed E-state index contributed by atoms with van der Waals surface area (Å²) in [5.41, 5.74) is 0. The van der Waals surface area contributed by atoms with Crippen LogP contribution < -0.4 is 0 Å². The third-order valence-corrected chi connectivity index (χ3v) is 4.28. The van der Waals surface area contributed by atoms with E-state index in [1.165, 1.54) is 0 Å². The molecule has 0 aromatic rings. The number of piperazine rings is 1. The first-order valence-corrected chi connectivity index (χ1v) is 7.36. The molecule has 0 spiro atoms. The normalized spacial score (nSPS) is 33.4. The summed E-state index contributed by atoms with van der Waals surface area (Å²) in [6, 6.07) is 0.619.